The molecule has 0 fully saturated rings. The Morgan fingerprint density at radius 1 is 1.11 bits per heavy atom. The first-order chi connectivity index (χ1) is 12.4. The smallest absolute Gasteiger partial charge is 0.191 e. The van der Waals surface area contributed by atoms with Crippen LogP contribution in [0.4, 0.5) is 8.78 Å². The van der Waals surface area contributed by atoms with Gasteiger partial charge in [0.25, 0.3) is 0 Å². The number of halogens is 3. The number of nitrogens with one attached hydrogen (secondary N) is 2. The first-order valence-electron chi connectivity index (χ1n) is 8.65. The van der Waals surface area contributed by atoms with E-state index in [4.69, 9.17) is 0 Å². The Morgan fingerprint density at radius 2 is 1.74 bits per heavy atom. The first kappa shape index (κ1) is 23.3. The predicted octanol–water partition coefficient (Wildman–Crippen LogP) is 4.24. The molecule has 27 heavy (non-hydrogen) atoms. The van der Waals surface area contributed by atoms with Crippen molar-refractivity contribution in [2.24, 2.45) is 4.99 Å². The van der Waals surface area contributed by atoms with Crippen LogP contribution in [0.25, 0.3) is 0 Å². The first-order valence-corrected chi connectivity index (χ1v) is 8.65. The second-order valence-corrected chi connectivity index (χ2v) is 6.16. The molecule has 148 valence electrons. The average molecular weight is 489 g/mol. The van der Waals surface area contributed by atoms with Crippen molar-refractivity contribution in [3.8, 4) is 0 Å². The van der Waals surface area contributed by atoms with Gasteiger partial charge in [0.2, 0.25) is 0 Å². The highest BCUT2D eigenvalue weighted by molar-refractivity contribution is 14.0. The highest BCUT2D eigenvalue weighted by atomic mass is 127. The van der Waals surface area contributed by atoms with Crippen LogP contribution in [-0.2, 0) is 0 Å². The lowest BCUT2D eigenvalue weighted by Crippen LogP contribution is -2.39. The van der Waals surface area contributed by atoms with Gasteiger partial charge in [-0.2, -0.15) is 0 Å². The zero-order chi connectivity index (χ0) is 19.1. The van der Waals surface area contributed by atoms with E-state index in [0.717, 1.165) is 5.56 Å². The van der Waals surface area contributed by atoms with Crippen LogP contribution in [-0.4, -0.2) is 24.2 Å². The molecule has 2 unspecified atom stereocenters. The standard InChI is InChI=1S/C20H25F2N3O.HI/c1-4-23-20(24-12-19(26)15-7-9-17(21)10-8-15)25-14(3)16-6-5-13(2)18(22)11-16;/h5-11,14,19,26H,4,12H2,1-3H3,(H2,23,24,25);1H. The summed E-state index contributed by atoms with van der Waals surface area (Å²) in [5, 5.41) is 16.5. The molecular weight excluding hydrogens is 463 g/mol. The number of aliphatic imine (C=N–C) groups is 1. The number of hydrogen-bond donors (Lipinski definition) is 3. The van der Waals surface area contributed by atoms with Gasteiger partial charge in [0.15, 0.2) is 5.96 Å². The Hall–Kier alpha value is -1.74. The van der Waals surface area contributed by atoms with Crippen LogP contribution in [0.3, 0.4) is 0 Å². The number of aliphatic hydroxyl groups excluding tert-OH is 1. The largest absolute Gasteiger partial charge is 0.386 e. The molecule has 0 aliphatic rings. The Morgan fingerprint density at radius 3 is 2.33 bits per heavy atom. The minimum Gasteiger partial charge on any atom is -0.386 e. The third kappa shape index (κ3) is 7.06. The summed E-state index contributed by atoms with van der Waals surface area (Å²) >= 11 is 0. The van der Waals surface area contributed by atoms with E-state index in [1.54, 1.807) is 13.0 Å². The Balaban J connectivity index is 0.00000364. The molecule has 2 rings (SSSR count). The molecule has 3 N–H and O–H groups in total. The molecule has 2 atom stereocenters. The lowest BCUT2D eigenvalue weighted by Gasteiger charge is -2.19. The molecule has 2 aromatic carbocycles. The maximum Gasteiger partial charge on any atom is 0.191 e. The molecule has 0 aromatic heterocycles. The van der Waals surface area contributed by atoms with Crippen molar-refractivity contribution in [3.05, 3.63) is 70.8 Å². The van der Waals surface area contributed by atoms with Crippen LogP contribution in [0.15, 0.2) is 47.5 Å². The van der Waals surface area contributed by atoms with Gasteiger partial charge in [-0.1, -0.05) is 24.3 Å². The summed E-state index contributed by atoms with van der Waals surface area (Å²) in [7, 11) is 0. The molecule has 0 bridgehead atoms. The van der Waals surface area contributed by atoms with Gasteiger partial charge in [0.05, 0.1) is 18.7 Å². The molecule has 0 amide bonds. The van der Waals surface area contributed by atoms with E-state index >= 15 is 0 Å². The third-order valence-electron chi connectivity index (χ3n) is 4.07. The number of guanidine groups is 1. The molecule has 0 radical (unpaired) electrons. The van der Waals surface area contributed by atoms with Gasteiger partial charge in [-0.05, 0) is 55.7 Å². The van der Waals surface area contributed by atoms with Crippen molar-refractivity contribution >= 4 is 29.9 Å². The van der Waals surface area contributed by atoms with Gasteiger partial charge in [-0.15, -0.1) is 24.0 Å². The zero-order valence-electron chi connectivity index (χ0n) is 15.7. The minimum atomic E-state index is -0.835. The molecule has 4 nitrogen and oxygen atoms in total. The van der Waals surface area contributed by atoms with Gasteiger partial charge in [-0.25, -0.2) is 8.78 Å². The number of aryl methyl sites for hydroxylation is 1. The van der Waals surface area contributed by atoms with Gasteiger partial charge in [-0.3, -0.25) is 4.99 Å². The molecular formula is C20H26F2IN3O. The zero-order valence-corrected chi connectivity index (χ0v) is 18.0. The van der Waals surface area contributed by atoms with Crippen molar-refractivity contribution in [1.29, 1.82) is 0 Å². The van der Waals surface area contributed by atoms with Crippen LogP contribution in [0.1, 0.15) is 42.7 Å². The number of nitrogens with zero attached hydrogens (tertiary/aromatic N) is 1. The summed E-state index contributed by atoms with van der Waals surface area (Å²) in [5.41, 5.74) is 2.00. The lowest BCUT2D eigenvalue weighted by atomic mass is 10.1. The molecule has 0 aliphatic heterocycles. The third-order valence-corrected chi connectivity index (χ3v) is 4.07. The van der Waals surface area contributed by atoms with E-state index in [9.17, 15) is 13.9 Å². The minimum absolute atomic E-state index is 0. The van der Waals surface area contributed by atoms with Crippen molar-refractivity contribution in [2.45, 2.75) is 32.9 Å². The second kappa shape index (κ2) is 11.2. The fraction of sp³-hybridized carbons (Fsp3) is 0.350. The van der Waals surface area contributed by atoms with E-state index < -0.39 is 6.10 Å². The van der Waals surface area contributed by atoms with Crippen LogP contribution in [0.2, 0.25) is 0 Å². The summed E-state index contributed by atoms with van der Waals surface area (Å²) < 4.78 is 26.7. The van der Waals surface area contributed by atoms with Crippen LogP contribution in [0.5, 0.6) is 0 Å². The number of aliphatic hydroxyl groups is 1. The van der Waals surface area contributed by atoms with Crippen LogP contribution < -0.4 is 10.6 Å². The summed E-state index contributed by atoms with van der Waals surface area (Å²) in [6.07, 6.45) is -0.835. The molecule has 7 heteroatoms. The average Bonchev–Trinajstić information content (AvgIpc) is 2.62. The molecule has 0 saturated heterocycles. The predicted molar refractivity (Wildman–Crippen MR) is 115 cm³/mol. The Bertz CT molecular complexity index is 753. The fourth-order valence-corrected chi connectivity index (χ4v) is 2.45. The normalized spacial score (nSPS) is 13.5. The van der Waals surface area contributed by atoms with Crippen molar-refractivity contribution in [1.82, 2.24) is 10.6 Å². The van der Waals surface area contributed by atoms with Crippen molar-refractivity contribution in [3.63, 3.8) is 0 Å². The van der Waals surface area contributed by atoms with Crippen LogP contribution in [0, 0.1) is 18.6 Å². The van der Waals surface area contributed by atoms with Gasteiger partial charge >= 0.3 is 0 Å². The fourth-order valence-electron chi connectivity index (χ4n) is 2.45. The van der Waals surface area contributed by atoms with E-state index in [1.807, 2.05) is 19.9 Å². The van der Waals surface area contributed by atoms with Gasteiger partial charge in [0, 0.05) is 6.54 Å². The van der Waals surface area contributed by atoms with Crippen molar-refractivity contribution in [2.75, 3.05) is 13.1 Å². The second-order valence-electron chi connectivity index (χ2n) is 6.16. The number of benzene rings is 2. The van der Waals surface area contributed by atoms with E-state index in [1.165, 1.54) is 30.3 Å². The van der Waals surface area contributed by atoms with Crippen LogP contribution >= 0.6 is 24.0 Å². The van der Waals surface area contributed by atoms with Gasteiger partial charge in [0.1, 0.15) is 11.6 Å². The van der Waals surface area contributed by atoms with E-state index in [-0.39, 0.29) is 48.2 Å². The summed E-state index contributed by atoms with van der Waals surface area (Å²) in [6, 6.07) is 10.6. The van der Waals surface area contributed by atoms with Crippen molar-refractivity contribution < 1.29 is 13.9 Å². The SMILES string of the molecule is CCNC(=NCC(O)c1ccc(F)cc1)NC(C)c1ccc(C)c(F)c1.I. The molecule has 0 spiro atoms. The Kier molecular flexibility index (Phi) is 9.65. The maximum absolute atomic E-state index is 13.8. The summed E-state index contributed by atoms with van der Waals surface area (Å²) in [6.45, 7) is 6.33. The highest BCUT2D eigenvalue weighted by Gasteiger charge is 2.11. The topological polar surface area (TPSA) is 56.7 Å². The molecule has 0 saturated carbocycles. The lowest BCUT2D eigenvalue weighted by molar-refractivity contribution is 0.187. The summed E-state index contributed by atoms with van der Waals surface area (Å²) in [4.78, 5) is 4.37. The number of rotatable bonds is 6. The number of hydrogen-bond acceptors (Lipinski definition) is 2. The van der Waals surface area contributed by atoms with E-state index in [0.29, 0.717) is 23.6 Å². The highest BCUT2D eigenvalue weighted by Crippen LogP contribution is 2.17. The monoisotopic (exact) mass is 489 g/mol. The molecule has 0 heterocycles. The maximum atomic E-state index is 13.8. The molecule has 2 aromatic rings. The van der Waals surface area contributed by atoms with E-state index in [2.05, 4.69) is 15.6 Å². The molecule has 0 aliphatic carbocycles. The quantitative estimate of drug-likeness (QED) is 0.323. The summed E-state index contributed by atoms with van der Waals surface area (Å²) in [5.74, 6) is -0.0782. The van der Waals surface area contributed by atoms with Gasteiger partial charge < -0.3 is 15.7 Å². The Labute approximate surface area is 176 Å².